The van der Waals surface area contributed by atoms with Crippen LogP contribution in [0.3, 0.4) is 0 Å². The quantitative estimate of drug-likeness (QED) is 0.448. The number of hydrogen-bond acceptors (Lipinski definition) is 6. The molecule has 146 valence electrons. The van der Waals surface area contributed by atoms with Gasteiger partial charge in [-0.3, -0.25) is 9.78 Å². The molecule has 0 aliphatic carbocycles. The van der Waals surface area contributed by atoms with Gasteiger partial charge in [0.05, 0.1) is 20.2 Å². The third-order valence-electron chi connectivity index (χ3n) is 4.46. The highest BCUT2D eigenvalue weighted by Crippen LogP contribution is 2.24. The number of rotatable bonds is 7. The van der Waals surface area contributed by atoms with Crippen LogP contribution in [0.4, 0.5) is 0 Å². The Bertz CT molecular complexity index is 1080. The second-order valence-corrected chi connectivity index (χ2v) is 7.40. The number of aromatic nitrogens is 2. The Morgan fingerprint density at radius 2 is 1.93 bits per heavy atom. The highest BCUT2D eigenvalue weighted by Gasteiger charge is 2.22. The van der Waals surface area contributed by atoms with E-state index in [4.69, 9.17) is 9.26 Å². The number of benzene rings is 1. The lowest BCUT2D eigenvalue weighted by molar-refractivity contribution is 0.0720. The van der Waals surface area contributed by atoms with Crippen LogP contribution >= 0.6 is 11.3 Å². The normalized spacial score (nSPS) is 10.7. The molecule has 0 atom stereocenters. The van der Waals surface area contributed by atoms with Crippen molar-refractivity contribution >= 4 is 17.2 Å². The summed E-state index contributed by atoms with van der Waals surface area (Å²) < 4.78 is 10.9. The second kappa shape index (κ2) is 8.70. The monoisotopic (exact) mass is 405 g/mol. The molecule has 0 bridgehead atoms. The van der Waals surface area contributed by atoms with E-state index in [0.29, 0.717) is 18.8 Å². The van der Waals surface area contributed by atoms with Gasteiger partial charge in [0, 0.05) is 34.5 Å². The van der Waals surface area contributed by atoms with Gasteiger partial charge in [0.25, 0.3) is 5.91 Å². The Hall–Kier alpha value is -3.45. The van der Waals surface area contributed by atoms with Crippen LogP contribution in [0.25, 0.3) is 11.3 Å². The largest absolute Gasteiger partial charge is 0.496 e. The maximum Gasteiger partial charge on any atom is 0.276 e. The molecular weight excluding hydrogens is 386 g/mol. The zero-order chi connectivity index (χ0) is 20.1. The van der Waals surface area contributed by atoms with E-state index < -0.39 is 0 Å². The van der Waals surface area contributed by atoms with Crippen molar-refractivity contribution in [1.82, 2.24) is 15.0 Å². The van der Waals surface area contributed by atoms with Crippen LogP contribution < -0.4 is 4.74 Å². The molecule has 0 aliphatic heterocycles. The highest BCUT2D eigenvalue weighted by atomic mass is 32.1. The fourth-order valence-electron chi connectivity index (χ4n) is 3.02. The Morgan fingerprint density at radius 1 is 1.10 bits per heavy atom. The molecule has 0 N–H and O–H groups in total. The van der Waals surface area contributed by atoms with E-state index in [1.165, 1.54) is 0 Å². The molecule has 4 rings (SSSR count). The molecule has 3 aromatic heterocycles. The van der Waals surface area contributed by atoms with Gasteiger partial charge in [0.2, 0.25) is 0 Å². The zero-order valence-corrected chi connectivity index (χ0v) is 16.6. The summed E-state index contributed by atoms with van der Waals surface area (Å²) in [6.07, 6.45) is 3.34. The van der Waals surface area contributed by atoms with Crippen LogP contribution in [-0.2, 0) is 13.1 Å². The van der Waals surface area contributed by atoms with E-state index in [-0.39, 0.29) is 11.6 Å². The van der Waals surface area contributed by atoms with Gasteiger partial charge in [-0.15, -0.1) is 11.3 Å². The lowest BCUT2D eigenvalue weighted by atomic mass is 10.1. The molecule has 0 fully saturated rings. The Morgan fingerprint density at radius 3 is 2.69 bits per heavy atom. The number of carbonyl (C=O) groups excluding carboxylic acids is 1. The van der Waals surface area contributed by atoms with E-state index >= 15 is 0 Å². The van der Waals surface area contributed by atoms with Crippen molar-refractivity contribution in [3.8, 4) is 17.1 Å². The van der Waals surface area contributed by atoms with Crippen LogP contribution in [0.2, 0.25) is 0 Å². The van der Waals surface area contributed by atoms with Gasteiger partial charge in [-0.25, -0.2) is 0 Å². The molecule has 0 aliphatic rings. The number of methoxy groups -OCH3 is 1. The predicted molar refractivity (Wildman–Crippen MR) is 111 cm³/mol. The first kappa shape index (κ1) is 18.9. The molecule has 4 aromatic rings. The van der Waals surface area contributed by atoms with E-state index in [1.54, 1.807) is 41.8 Å². The number of amides is 1. The number of para-hydroxylation sites is 1. The van der Waals surface area contributed by atoms with Crippen LogP contribution in [0.15, 0.2) is 76.9 Å². The standard InChI is InChI=1S/C22H19N3O3S/c1-27-20-7-3-2-5-17(20)14-25(15-18-6-4-12-29-18)22(26)19-13-21(28-24-19)16-8-10-23-11-9-16/h2-13H,14-15H2,1H3. The van der Waals surface area contributed by atoms with Crippen molar-refractivity contribution in [2.75, 3.05) is 7.11 Å². The van der Waals surface area contributed by atoms with Crippen molar-refractivity contribution in [2.24, 2.45) is 0 Å². The summed E-state index contributed by atoms with van der Waals surface area (Å²) in [7, 11) is 1.63. The van der Waals surface area contributed by atoms with Crippen LogP contribution in [0, 0.1) is 0 Å². The van der Waals surface area contributed by atoms with Gasteiger partial charge in [-0.2, -0.15) is 0 Å². The van der Waals surface area contributed by atoms with E-state index in [2.05, 4.69) is 10.1 Å². The molecule has 1 amide bonds. The van der Waals surface area contributed by atoms with Gasteiger partial charge < -0.3 is 14.2 Å². The Kier molecular flexibility index (Phi) is 5.67. The predicted octanol–water partition coefficient (Wildman–Crippen LogP) is 4.65. The Balaban J connectivity index is 1.62. The highest BCUT2D eigenvalue weighted by molar-refractivity contribution is 7.09. The zero-order valence-electron chi connectivity index (χ0n) is 15.8. The summed E-state index contributed by atoms with van der Waals surface area (Å²) in [5, 5.41) is 6.01. The average molecular weight is 405 g/mol. The van der Waals surface area contributed by atoms with Crippen LogP contribution in [0.1, 0.15) is 20.9 Å². The van der Waals surface area contributed by atoms with Gasteiger partial charge in [0.15, 0.2) is 11.5 Å². The number of thiophene rings is 1. The van der Waals surface area contributed by atoms with E-state index in [9.17, 15) is 4.79 Å². The molecule has 0 spiro atoms. The minimum Gasteiger partial charge on any atom is -0.496 e. The number of carbonyl (C=O) groups is 1. The molecule has 0 unspecified atom stereocenters. The molecule has 3 heterocycles. The van der Waals surface area contributed by atoms with Crippen LogP contribution in [0.5, 0.6) is 5.75 Å². The van der Waals surface area contributed by atoms with E-state index in [0.717, 1.165) is 21.8 Å². The fraction of sp³-hybridized carbons (Fsp3) is 0.136. The van der Waals surface area contributed by atoms with Crippen LogP contribution in [-0.4, -0.2) is 28.1 Å². The third-order valence-corrected chi connectivity index (χ3v) is 5.32. The second-order valence-electron chi connectivity index (χ2n) is 6.36. The third kappa shape index (κ3) is 4.35. The lowest BCUT2D eigenvalue weighted by Gasteiger charge is -2.22. The molecule has 7 heteroatoms. The topological polar surface area (TPSA) is 68.5 Å². The van der Waals surface area contributed by atoms with Crippen molar-refractivity contribution in [2.45, 2.75) is 13.1 Å². The van der Waals surface area contributed by atoms with E-state index in [1.807, 2.05) is 53.9 Å². The minimum absolute atomic E-state index is 0.201. The van der Waals surface area contributed by atoms with Gasteiger partial charge in [0.1, 0.15) is 5.75 Å². The SMILES string of the molecule is COc1ccccc1CN(Cc1cccs1)C(=O)c1cc(-c2ccncc2)on1. The molecule has 1 aromatic carbocycles. The number of pyridine rings is 1. The van der Waals surface area contributed by atoms with Crippen molar-refractivity contribution in [1.29, 1.82) is 0 Å². The molecular formula is C22H19N3O3S. The van der Waals surface area contributed by atoms with Crippen molar-refractivity contribution < 1.29 is 14.1 Å². The maximum absolute atomic E-state index is 13.3. The van der Waals surface area contributed by atoms with Gasteiger partial charge in [-0.1, -0.05) is 29.4 Å². The Labute approximate surface area is 172 Å². The first-order valence-electron chi connectivity index (χ1n) is 9.05. The minimum atomic E-state index is -0.201. The maximum atomic E-state index is 13.3. The number of hydrogen-bond donors (Lipinski definition) is 0. The van der Waals surface area contributed by atoms with Crippen molar-refractivity contribution in [3.05, 3.63) is 88.5 Å². The molecule has 0 saturated carbocycles. The smallest absolute Gasteiger partial charge is 0.276 e. The summed E-state index contributed by atoms with van der Waals surface area (Å²) in [5.74, 6) is 1.08. The van der Waals surface area contributed by atoms with Gasteiger partial charge in [-0.05, 0) is 29.6 Å². The number of ether oxygens (including phenoxy) is 1. The number of nitrogens with zero attached hydrogens (tertiary/aromatic N) is 3. The van der Waals surface area contributed by atoms with Gasteiger partial charge >= 0.3 is 0 Å². The molecule has 0 radical (unpaired) electrons. The first-order chi connectivity index (χ1) is 14.2. The molecule has 29 heavy (non-hydrogen) atoms. The van der Waals surface area contributed by atoms with Crippen molar-refractivity contribution in [3.63, 3.8) is 0 Å². The first-order valence-corrected chi connectivity index (χ1v) is 9.93. The summed E-state index contributed by atoms with van der Waals surface area (Å²) in [5.41, 5.74) is 2.02. The molecule has 6 nitrogen and oxygen atoms in total. The fourth-order valence-corrected chi connectivity index (χ4v) is 3.74. The lowest BCUT2D eigenvalue weighted by Crippen LogP contribution is -2.30. The summed E-state index contributed by atoms with van der Waals surface area (Å²) in [6, 6.07) is 17.0. The molecule has 0 saturated heterocycles. The average Bonchev–Trinajstić information content (AvgIpc) is 3.46. The summed E-state index contributed by atoms with van der Waals surface area (Å²) >= 11 is 1.61. The summed E-state index contributed by atoms with van der Waals surface area (Å²) in [4.78, 5) is 20.1. The summed E-state index contributed by atoms with van der Waals surface area (Å²) in [6.45, 7) is 0.879.